The number of benzene rings is 2. The zero-order valence-corrected chi connectivity index (χ0v) is 16.9. The van der Waals surface area contributed by atoms with Gasteiger partial charge in [0.25, 0.3) is 10.0 Å². The van der Waals surface area contributed by atoms with E-state index in [1.807, 2.05) is 82.3 Å². The molecule has 0 unspecified atom stereocenters. The minimum absolute atomic E-state index is 0.0601. The second-order valence-corrected chi connectivity index (χ2v) is 8.57. The van der Waals surface area contributed by atoms with E-state index >= 15 is 0 Å². The maximum Gasteiger partial charge on any atom is 0.268 e. The molecule has 3 rings (SSSR count). The lowest BCUT2D eigenvalue weighted by molar-refractivity contribution is 0.532. The Balaban J connectivity index is 2.20. The van der Waals surface area contributed by atoms with E-state index in [9.17, 15) is 8.42 Å². The molecule has 0 aliphatic heterocycles. The summed E-state index contributed by atoms with van der Waals surface area (Å²) in [6.07, 6.45) is 1.64. The minimum Gasteiger partial charge on any atom is -0.268 e. The summed E-state index contributed by atoms with van der Waals surface area (Å²) >= 11 is 0. The van der Waals surface area contributed by atoms with Crippen molar-refractivity contribution in [1.29, 1.82) is 0 Å². The van der Waals surface area contributed by atoms with Crippen molar-refractivity contribution in [1.82, 2.24) is 9.78 Å². The first-order chi connectivity index (χ1) is 12.9. The Morgan fingerprint density at radius 2 is 1.67 bits per heavy atom. The SMILES string of the molecule is CCN(c1ccccc1C)S(=O)(=O)c1cn(C(C)C)nc1-c1ccccc1. The van der Waals surface area contributed by atoms with Crippen LogP contribution in [-0.2, 0) is 10.0 Å². The number of para-hydroxylation sites is 1. The Morgan fingerprint density at radius 3 is 2.26 bits per heavy atom. The van der Waals surface area contributed by atoms with Crippen LogP contribution in [0.25, 0.3) is 11.3 Å². The fourth-order valence-electron chi connectivity index (χ4n) is 3.06. The zero-order chi connectivity index (χ0) is 19.6. The molecule has 2 aromatic carbocycles. The van der Waals surface area contributed by atoms with Crippen LogP contribution in [0, 0.1) is 6.92 Å². The van der Waals surface area contributed by atoms with E-state index in [1.54, 1.807) is 10.9 Å². The largest absolute Gasteiger partial charge is 0.268 e. The number of aryl methyl sites for hydroxylation is 1. The van der Waals surface area contributed by atoms with E-state index in [-0.39, 0.29) is 10.9 Å². The maximum atomic E-state index is 13.6. The Bertz CT molecular complexity index is 1020. The van der Waals surface area contributed by atoms with Gasteiger partial charge < -0.3 is 0 Å². The van der Waals surface area contributed by atoms with E-state index < -0.39 is 10.0 Å². The molecular formula is C21H25N3O2S. The molecule has 0 amide bonds. The van der Waals surface area contributed by atoms with Crippen molar-refractivity contribution >= 4 is 15.7 Å². The first-order valence-electron chi connectivity index (χ1n) is 9.09. The summed E-state index contributed by atoms with van der Waals surface area (Å²) in [4.78, 5) is 0.229. The van der Waals surface area contributed by atoms with Crippen LogP contribution < -0.4 is 4.31 Å². The normalized spacial score (nSPS) is 11.7. The second kappa shape index (κ2) is 7.56. The van der Waals surface area contributed by atoms with Gasteiger partial charge in [-0.25, -0.2) is 8.42 Å². The van der Waals surface area contributed by atoms with Gasteiger partial charge in [-0.05, 0) is 39.3 Å². The molecule has 0 saturated heterocycles. The van der Waals surface area contributed by atoms with Crippen molar-refractivity contribution in [3.8, 4) is 11.3 Å². The summed E-state index contributed by atoms with van der Waals surface area (Å²) < 4.78 is 30.4. The van der Waals surface area contributed by atoms with E-state index in [0.29, 0.717) is 17.9 Å². The van der Waals surface area contributed by atoms with E-state index in [2.05, 4.69) is 5.10 Å². The van der Waals surface area contributed by atoms with Gasteiger partial charge in [0.05, 0.1) is 5.69 Å². The van der Waals surface area contributed by atoms with Gasteiger partial charge in [0, 0.05) is 24.3 Å². The molecule has 0 N–H and O–H groups in total. The van der Waals surface area contributed by atoms with Crippen LogP contribution in [0.4, 0.5) is 5.69 Å². The predicted octanol–water partition coefficient (Wildman–Crippen LogP) is 4.65. The zero-order valence-electron chi connectivity index (χ0n) is 16.1. The lowest BCUT2D eigenvalue weighted by Gasteiger charge is -2.24. The highest BCUT2D eigenvalue weighted by atomic mass is 32.2. The van der Waals surface area contributed by atoms with Gasteiger partial charge in [-0.15, -0.1) is 0 Å². The van der Waals surface area contributed by atoms with E-state index in [0.717, 1.165) is 11.1 Å². The Morgan fingerprint density at radius 1 is 1.04 bits per heavy atom. The summed E-state index contributed by atoms with van der Waals surface area (Å²) in [7, 11) is -3.77. The third-order valence-corrected chi connectivity index (χ3v) is 6.40. The van der Waals surface area contributed by atoms with Gasteiger partial charge >= 0.3 is 0 Å². The highest BCUT2D eigenvalue weighted by molar-refractivity contribution is 7.93. The standard InChI is InChI=1S/C21H25N3O2S/c1-5-24(19-14-10-9-11-17(19)4)27(25,26)20-15-23(16(2)3)22-21(20)18-12-7-6-8-13-18/h6-16H,5H2,1-4H3. The predicted molar refractivity (Wildman–Crippen MR) is 109 cm³/mol. The number of anilines is 1. The molecular weight excluding hydrogens is 358 g/mol. The number of rotatable bonds is 6. The lowest BCUT2D eigenvalue weighted by atomic mass is 10.2. The first kappa shape index (κ1) is 19.2. The summed E-state index contributed by atoms with van der Waals surface area (Å²) in [5.41, 5.74) is 2.88. The van der Waals surface area contributed by atoms with Crippen molar-refractivity contribution in [3.05, 3.63) is 66.4 Å². The topological polar surface area (TPSA) is 55.2 Å². The third-order valence-electron chi connectivity index (χ3n) is 4.51. The first-order valence-corrected chi connectivity index (χ1v) is 10.5. The van der Waals surface area contributed by atoms with Gasteiger partial charge in [-0.2, -0.15) is 5.10 Å². The van der Waals surface area contributed by atoms with Crippen LogP contribution >= 0.6 is 0 Å². The smallest absolute Gasteiger partial charge is 0.268 e. The Kier molecular flexibility index (Phi) is 5.37. The third kappa shape index (κ3) is 3.62. The quantitative estimate of drug-likeness (QED) is 0.622. The summed E-state index contributed by atoms with van der Waals surface area (Å²) in [6, 6.07) is 17.0. The van der Waals surface area contributed by atoms with Crippen molar-refractivity contribution in [2.24, 2.45) is 0 Å². The molecule has 0 saturated carbocycles. The van der Waals surface area contributed by atoms with E-state index in [4.69, 9.17) is 0 Å². The number of nitrogens with zero attached hydrogens (tertiary/aromatic N) is 3. The molecule has 27 heavy (non-hydrogen) atoms. The Hall–Kier alpha value is -2.60. The molecule has 0 radical (unpaired) electrons. The summed E-state index contributed by atoms with van der Waals surface area (Å²) in [5.74, 6) is 0. The Labute approximate surface area is 161 Å². The van der Waals surface area contributed by atoms with Crippen molar-refractivity contribution in [2.75, 3.05) is 10.8 Å². The molecule has 0 aliphatic rings. The van der Waals surface area contributed by atoms with Crippen LogP contribution in [0.3, 0.4) is 0 Å². The van der Waals surface area contributed by atoms with Crippen molar-refractivity contribution < 1.29 is 8.42 Å². The number of hydrogen-bond acceptors (Lipinski definition) is 3. The van der Waals surface area contributed by atoms with Gasteiger partial charge in [0.2, 0.25) is 0 Å². The lowest BCUT2D eigenvalue weighted by Crippen LogP contribution is -2.31. The minimum atomic E-state index is -3.77. The molecule has 3 aromatic rings. The fraction of sp³-hybridized carbons (Fsp3) is 0.286. The van der Waals surface area contributed by atoms with Gasteiger partial charge in [0.1, 0.15) is 10.6 Å². The molecule has 1 heterocycles. The number of hydrogen-bond donors (Lipinski definition) is 0. The van der Waals surface area contributed by atoms with Gasteiger partial charge in [-0.1, -0.05) is 48.5 Å². The van der Waals surface area contributed by atoms with Crippen LogP contribution in [0.5, 0.6) is 0 Å². The van der Waals surface area contributed by atoms with E-state index in [1.165, 1.54) is 4.31 Å². The second-order valence-electron chi connectivity index (χ2n) is 6.74. The molecule has 6 heteroatoms. The van der Waals surface area contributed by atoms with Crippen LogP contribution in [0.2, 0.25) is 0 Å². The van der Waals surface area contributed by atoms with Crippen LogP contribution in [-0.4, -0.2) is 24.7 Å². The molecule has 0 spiro atoms. The maximum absolute atomic E-state index is 13.6. The highest BCUT2D eigenvalue weighted by Gasteiger charge is 2.30. The number of aromatic nitrogens is 2. The average molecular weight is 384 g/mol. The van der Waals surface area contributed by atoms with Crippen LogP contribution in [0.1, 0.15) is 32.4 Å². The molecule has 142 valence electrons. The monoisotopic (exact) mass is 383 g/mol. The molecule has 0 aliphatic carbocycles. The highest BCUT2D eigenvalue weighted by Crippen LogP contribution is 2.32. The molecule has 0 fully saturated rings. The number of sulfonamides is 1. The summed E-state index contributed by atoms with van der Waals surface area (Å²) in [5, 5.41) is 4.59. The van der Waals surface area contributed by atoms with Gasteiger partial charge in [0.15, 0.2) is 0 Å². The van der Waals surface area contributed by atoms with Crippen molar-refractivity contribution in [3.63, 3.8) is 0 Å². The molecule has 5 nitrogen and oxygen atoms in total. The average Bonchev–Trinajstić information content (AvgIpc) is 3.11. The fourth-order valence-corrected chi connectivity index (χ4v) is 4.74. The summed E-state index contributed by atoms with van der Waals surface area (Å²) in [6.45, 7) is 8.07. The van der Waals surface area contributed by atoms with Gasteiger partial charge in [-0.3, -0.25) is 8.99 Å². The molecule has 0 bridgehead atoms. The molecule has 0 atom stereocenters. The van der Waals surface area contributed by atoms with Crippen molar-refractivity contribution in [2.45, 2.75) is 38.6 Å². The van der Waals surface area contributed by atoms with Crippen LogP contribution in [0.15, 0.2) is 65.7 Å². The molecule has 1 aromatic heterocycles.